The Kier molecular flexibility index (Phi) is 6.25. The lowest BCUT2D eigenvalue weighted by atomic mass is 9.64. The molecular formula is C22H28N2O5. The summed E-state index contributed by atoms with van der Waals surface area (Å²) >= 11 is 0. The van der Waals surface area contributed by atoms with Gasteiger partial charge in [0.2, 0.25) is 5.91 Å². The fourth-order valence-corrected chi connectivity index (χ4v) is 4.36. The van der Waals surface area contributed by atoms with Crippen molar-refractivity contribution in [3.8, 4) is 0 Å². The van der Waals surface area contributed by atoms with E-state index >= 15 is 0 Å². The zero-order valence-corrected chi connectivity index (χ0v) is 17.2. The Bertz CT molecular complexity index is 790. The standard InChI is InChI=1S/C22H28N2O5/c1-4-23(5-2)19(25)22(20(26)28-3)13-17-11-12-18(22)24(14-17)21(27)29-15-16-9-7-6-8-10-16/h6-12,17-18H,4-5,13-15H2,1-3H3/t17-,18+,22-/m0/s1. The zero-order chi connectivity index (χ0) is 21.0. The SMILES string of the molecule is CCN(CC)C(=O)[C@]1(C(=O)OC)C[C@@H]2C=C[C@H]1N(C(=O)OCc1ccccc1)C2. The molecule has 7 heteroatoms. The van der Waals surface area contributed by atoms with Crippen molar-refractivity contribution < 1.29 is 23.9 Å². The molecule has 1 aromatic carbocycles. The molecule has 1 saturated heterocycles. The van der Waals surface area contributed by atoms with Gasteiger partial charge in [0, 0.05) is 19.6 Å². The van der Waals surface area contributed by atoms with E-state index in [2.05, 4.69) is 0 Å². The van der Waals surface area contributed by atoms with Crippen LogP contribution in [-0.4, -0.2) is 60.6 Å². The van der Waals surface area contributed by atoms with Gasteiger partial charge in [-0.15, -0.1) is 0 Å². The zero-order valence-electron chi connectivity index (χ0n) is 17.2. The third-order valence-electron chi connectivity index (χ3n) is 5.84. The molecule has 2 heterocycles. The first-order valence-corrected chi connectivity index (χ1v) is 10.0. The number of ether oxygens (including phenoxy) is 2. The highest BCUT2D eigenvalue weighted by molar-refractivity contribution is 6.05. The lowest BCUT2D eigenvalue weighted by molar-refractivity contribution is -0.172. The topological polar surface area (TPSA) is 76.2 Å². The lowest BCUT2D eigenvalue weighted by Crippen LogP contribution is -2.67. The van der Waals surface area contributed by atoms with E-state index in [4.69, 9.17) is 9.47 Å². The molecule has 3 atom stereocenters. The van der Waals surface area contributed by atoms with Crippen LogP contribution < -0.4 is 0 Å². The van der Waals surface area contributed by atoms with Gasteiger partial charge in [-0.2, -0.15) is 0 Å². The minimum Gasteiger partial charge on any atom is -0.468 e. The summed E-state index contributed by atoms with van der Waals surface area (Å²) in [5, 5.41) is 0. The molecule has 2 aliphatic heterocycles. The Morgan fingerprint density at radius 1 is 1.14 bits per heavy atom. The molecule has 0 saturated carbocycles. The fraction of sp³-hybridized carbons (Fsp3) is 0.500. The molecule has 156 valence electrons. The second-order valence-corrected chi connectivity index (χ2v) is 7.43. The van der Waals surface area contributed by atoms with Crippen LogP contribution in [0.15, 0.2) is 42.5 Å². The minimum atomic E-state index is -1.44. The van der Waals surface area contributed by atoms with Gasteiger partial charge in [-0.3, -0.25) is 14.5 Å². The van der Waals surface area contributed by atoms with E-state index in [1.54, 1.807) is 11.0 Å². The number of benzene rings is 1. The molecule has 1 aliphatic carbocycles. The maximum atomic E-state index is 13.4. The van der Waals surface area contributed by atoms with Gasteiger partial charge in [0.25, 0.3) is 0 Å². The molecule has 29 heavy (non-hydrogen) atoms. The largest absolute Gasteiger partial charge is 0.468 e. The van der Waals surface area contributed by atoms with Crippen LogP contribution in [0.25, 0.3) is 0 Å². The van der Waals surface area contributed by atoms with Crippen molar-refractivity contribution in [3.05, 3.63) is 48.0 Å². The van der Waals surface area contributed by atoms with Crippen molar-refractivity contribution in [2.24, 2.45) is 11.3 Å². The number of esters is 1. The molecule has 1 fully saturated rings. The minimum absolute atomic E-state index is 0.108. The summed E-state index contributed by atoms with van der Waals surface area (Å²) in [6.45, 7) is 5.25. The smallest absolute Gasteiger partial charge is 0.410 e. The Morgan fingerprint density at radius 2 is 1.83 bits per heavy atom. The van der Waals surface area contributed by atoms with Crippen molar-refractivity contribution in [1.29, 1.82) is 0 Å². The summed E-state index contributed by atoms with van der Waals surface area (Å²) in [7, 11) is 1.28. The Hall–Kier alpha value is -2.83. The molecule has 0 aromatic heterocycles. The van der Waals surface area contributed by atoms with Gasteiger partial charge < -0.3 is 14.4 Å². The van der Waals surface area contributed by atoms with Gasteiger partial charge in [-0.1, -0.05) is 42.5 Å². The highest BCUT2D eigenvalue weighted by atomic mass is 16.6. The van der Waals surface area contributed by atoms with E-state index in [9.17, 15) is 14.4 Å². The summed E-state index contributed by atoms with van der Waals surface area (Å²) in [5.74, 6) is -1.01. The first-order chi connectivity index (χ1) is 14.0. The number of nitrogens with zero attached hydrogens (tertiary/aromatic N) is 2. The van der Waals surface area contributed by atoms with Crippen molar-refractivity contribution >= 4 is 18.0 Å². The number of rotatable bonds is 6. The maximum absolute atomic E-state index is 13.4. The first-order valence-electron chi connectivity index (χ1n) is 10.0. The van der Waals surface area contributed by atoms with Crippen LogP contribution in [0.2, 0.25) is 0 Å². The van der Waals surface area contributed by atoms with Crippen LogP contribution in [0.1, 0.15) is 25.8 Å². The molecular weight excluding hydrogens is 372 g/mol. The van der Waals surface area contributed by atoms with Gasteiger partial charge >= 0.3 is 12.1 Å². The van der Waals surface area contributed by atoms with Gasteiger partial charge in [-0.05, 0) is 31.7 Å². The molecule has 2 bridgehead atoms. The van der Waals surface area contributed by atoms with Crippen LogP contribution in [0, 0.1) is 11.3 Å². The van der Waals surface area contributed by atoms with E-state index in [1.807, 2.05) is 50.3 Å². The number of fused-ring (bicyclic) bond motifs is 2. The second-order valence-electron chi connectivity index (χ2n) is 7.43. The lowest BCUT2D eigenvalue weighted by Gasteiger charge is -2.51. The normalized spacial score (nSPS) is 24.9. The van der Waals surface area contributed by atoms with E-state index in [-0.39, 0.29) is 18.4 Å². The van der Waals surface area contributed by atoms with Gasteiger partial charge in [0.05, 0.1) is 13.2 Å². The first kappa shape index (κ1) is 20.9. The van der Waals surface area contributed by atoms with Crippen molar-refractivity contribution in [1.82, 2.24) is 9.80 Å². The predicted octanol–water partition coefficient (Wildman–Crippen LogP) is 2.61. The van der Waals surface area contributed by atoms with E-state index < -0.39 is 23.5 Å². The average molecular weight is 400 g/mol. The van der Waals surface area contributed by atoms with Crippen LogP contribution in [0.3, 0.4) is 0 Å². The predicted molar refractivity (Wildman–Crippen MR) is 107 cm³/mol. The monoisotopic (exact) mass is 400 g/mol. The van der Waals surface area contributed by atoms with Crippen LogP contribution in [-0.2, 0) is 25.7 Å². The molecule has 0 radical (unpaired) electrons. The van der Waals surface area contributed by atoms with Crippen LogP contribution >= 0.6 is 0 Å². The summed E-state index contributed by atoms with van der Waals surface area (Å²) in [6, 6.07) is 8.66. The van der Waals surface area contributed by atoms with Crippen molar-refractivity contribution in [3.63, 3.8) is 0 Å². The third kappa shape index (κ3) is 3.73. The number of hydrogen-bond acceptors (Lipinski definition) is 5. The molecule has 4 rings (SSSR count). The Labute approximate surface area is 171 Å². The van der Waals surface area contributed by atoms with Gasteiger partial charge in [0.15, 0.2) is 5.41 Å². The average Bonchev–Trinajstić information content (AvgIpc) is 2.78. The summed E-state index contributed by atoms with van der Waals surface area (Å²) in [4.78, 5) is 42.4. The highest BCUT2D eigenvalue weighted by Gasteiger charge is 2.61. The fourth-order valence-electron chi connectivity index (χ4n) is 4.36. The second kappa shape index (κ2) is 8.68. The van der Waals surface area contributed by atoms with Crippen molar-refractivity contribution in [2.75, 3.05) is 26.7 Å². The summed E-state index contributed by atoms with van der Waals surface area (Å²) in [6.07, 6.45) is 3.55. The van der Waals surface area contributed by atoms with Crippen molar-refractivity contribution in [2.45, 2.75) is 32.9 Å². The third-order valence-corrected chi connectivity index (χ3v) is 5.84. The molecule has 7 nitrogen and oxygen atoms in total. The van der Waals surface area contributed by atoms with E-state index in [0.29, 0.717) is 26.1 Å². The molecule has 3 aliphatic rings. The number of methoxy groups -OCH3 is 1. The molecule has 0 unspecified atom stereocenters. The molecule has 0 spiro atoms. The number of carbonyl (C=O) groups is 3. The summed E-state index contributed by atoms with van der Waals surface area (Å²) in [5.41, 5.74) is -0.568. The molecule has 2 amide bonds. The number of piperidine rings is 1. The number of carbonyl (C=O) groups excluding carboxylic acids is 3. The number of amides is 2. The van der Waals surface area contributed by atoms with E-state index in [0.717, 1.165) is 5.56 Å². The number of hydrogen-bond donors (Lipinski definition) is 0. The van der Waals surface area contributed by atoms with Gasteiger partial charge in [-0.25, -0.2) is 4.79 Å². The maximum Gasteiger partial charge on any atom is 0.410 e. The van der Waals surface area contributed by atoms with E-state index in [1.165, 1.54) is 12.0 Å². The Morgan fingerprint density at radius 3 is 2.41 bits per heavy atom. The van der Waals surface area contributed by atoms with Crippen LogP contribution in [0.5, 0.6) is 0 Å². The van der Waals surface area contributed by atoms with Gasteiger partial charge in [0.1, 0.15) is 6.61 Å². The van der Waals surface area contributed by atoms with Crippen LogP contribution in [0.4, 0.5) is 4.79 Å². The summed E-state index contributed by atoms with van der Waals surface area (Å²) < 4.78 is 10.6. The quantitative estimate of drug-likeness (QED) is 0.417. The molecule has 1 aromatic rings. The highest BCUT2D eigenvalue weighted by Crippen LogP contribution is 2.46. The Balaban J connectivity index is 1.87. The molecule has 0 N–H and O–H groups in total.